The molecule has 1 saturated heterocycles. The molecule has 0 amide bonds. The lowest BCUT2D eigenvalue weighted by atomic mass is 10.2. The molecule has 17 nitrogen and oxygen atoms in total. The summed E-state index contributed by atoms with van der Waals surface area (Å²) in [7, 11) is -15.3. The van der Waals surface area contributed by atoms with Gasteiger partial charge in [-0.1, -0.05) is 11.8 Å². The molecule has 7 N–H and O–H groups in total. The fourth-order valence-electron chi connectivity index (χ4n) is 2.72. The molecule has 1 aromatic heterocycles. The summed E-state index contributed by atoms with van der Waals surface area (Å²) in [4.78, 5) is 44.3. The van der Waals surface area contributed by atoms with E-state index in [0.717, 1.165) is 4.57 Å². The molecule has 1 aliphatic rings. The van der Waals surface area contributed by atoms with Gasteiger partial charge in [-0.3, -0.25) is 13.6 Å². The van der Waals surface area contributed by atoms with Gasteiger partial charge in [-0.2, -0.15) is 26.2 Å². The maximum absolute atomic E-state index is 12.3. The summed E-state index contributed by atoms with van der Waals surface area (Å²) >= 11 is 3.95. The van der Waals surface area contributed by atoms with Crippen molar-refractivity contribution in [3.05, 3.63) is 22.2 Å². The summed E-state index contributed by atoms with van der Waals surface area (Å²) in [6, 6.07) is 0. The molecule has 1 aliphatic heterocycles. The van der Waals surface area contributed by atoms with E-state index in [0.29, 0.717) is 7.11 Å². The van der Waals surface area contributed by atoms with E-state index in [2.05, 4.69) is 47.1 Å². The lowest BCUT2D eigenvalue weighted by Crippen LogP contribution is -2.29. The van der Waals surface area contributed by atoms with Gasteiger partial charge in [0.25, 0.3) is 0 Å². The molecule has 0 bridgehead atoms. The van der Waals surface area contributed by atoms with Gasteiger partial charge < -0.3 is 35.6 Å². The molecular formula is C14H23N4O13P3S. The number of nitrogens with two attached hydrogens (primary N) is 2. The molecule has 0 aliphatic carbocycles. The van der Waals surface area contributed by atoms with Gasteiger partial charge in [0.1, 0.15) is 18.1 Å². The fraction of sp³-hybridized carbons (Fsp3) is 0.571. The zero-order valence-electron chi connectivity index (χ0n) is 17.9. The van der Waals surface area contributed by atoms with Gasteiger partial charge in [0.15, 0.2) is 0 Å². The maximum atomic E-state index is 12.3. The number of rotatable bonds is 11. The minimum absolute atomic E-state index is 0.0313. The largest absolute Gasteiger partial charge is 0.490 e. The highest BCUT2D eigenvalue weighted by atomic mass is 32.1. The Bertz CT molecular complexity index is 1170. The average molecular weight is 580 g/mol. The van der Waals surface area contributed by atoms with Crippen molar-refractivity contribution in [2.75, 3.05) is 31.9 Å². The summed E-state index contributed by atoms with van der Waals surface area (Å²) in [6.45, 7) is -0.715. The first-order valence-electron chi connectivity index (χ1n) is 9.29. The molecule has 198 valence electrons. The van der Waals surface area contributed by atoms with Crippen LogP contribution in [0.3, 0.4) is 0 Å². The second-order valence-electron chi connectivity index (χ2n) is 6.48. The molecule has 0 aromatic carbocycles. The van der Waals surface area contributed by atoms with E-state index in [1.54, 1.807) is 0 Å². The normalized spacial score (nSPS) is 25.1. The van der Waals surface area contributed by atoms with Gasteiger partial charge in [-0.25, -0.2) is 18.5 Å². The SMILES string of the molecule is COP(=O)(O)OP(=O)(O)OP(=O)(O)OC[C@H]1O[C@@H](n2cc(C#CCN)c(N)nc2=O)CC1OCS. The third-order valence-corrected chi connectivity index (χ3v) is 8.52. The van der Waals surface area contributed by atoms with Crippen LogP contribution in [0, 0.1) is 11.8 Å². The molecule has 4 unspecified atom stereocenters. The molecule has 1 aromatic rings. The monoisotopic (exact) mass is 580 g/mol. The quantitative estimate of drug-likeness (QED) is 0.0849. The zero-order chi connectivity index (χ0) is 26.4. The van der Waals surface area contributed by atoms with Gasteiger partial charge in [0.05, 0.1) is 30.8 Å². The number of nitrogen functional groups attached to an aromatic ring is 1. The minimum Gasteiger partial charge on any atom is -0.382 e. The van der Waals surface area contributed by atoms with Crippen LogP contribution in [0.4, 0.5) is 5.82 Å². The smallest absolute Gasteiger partial charge is 0.382 e. The number of ether oxygens (including phenoxy) is 2. The number of thiol groups is 1. The van der Waals surface area contributed by atoms with Crippen LogP contribution >= 0.6 is 36.1 Å². The summed E-state index contributed by atoms with van der Waals surface area (Å²) in [5, 5.41) is 0. The van der Waals surface area contributed by atoms with Crippen molar-refractivity contribution in [2.24, 2.45) is 5.73 Å². The number of phosphoric ester groups is 2. The summed E-state index contributed by atoms with van der Waals surface area (Å²) in [5.41, 5.74) is 10.5. The van der Waals surface area contributed by atoms with Gasteiger partial charge >= 0.3 is 29.2 Å². The molecular weight excluding hydrogens is 557 g/mol. The van der Waals surface area contributed by atoms with E-state index in [9.17, 15) is 28.3 Å². The highest BCUT2D eigenvalue weighted by molar-refractivity contribution is 7.80. The second kappa shape index (κ2) is 12.4. The molecule has 21 heteroatoms. The van der Waals surface area contributed by atoms with E-state index < -0.39 is 54.2 Å². The van der Waals surface area contributed by atoms with Crippen LogP contribution in [0.5, 0.6) is 0 Å². The van der Waals surface area contributed by atoms with E-state index in [1.165, 1.54) is 6.20 Å². The number of phosphoric acid groups is 3. The molecule has 35 heavy (non-hydrogen) atoms. The van der Waals surface area contributed by atoms with Crippen LogP contribution in [0.1, 0.15) is 18.2 Å². The van der Waals surface area contributed by atoms with Crippen molar-refractivity contribution in [3.8, 4) is 11.8 Å². The number of aromatic nitrogens is 2. The Labute approximate surface area is 203 Å². The zero-order valence-corrected chi connectivity index (χ0v) is 21.5. The van der Waals surface area contributed by atoms with Crippen molar-refractivity contribution in [2.45, 2.75) is 24.9 Å². The molecule has 0 radical (unpaired) electrons. The Morgan fingerprint density at radius 3 is 2.51 bits per heavy atom. The van der Waals surface area contributed by atoms with Crippen molar-refractivity contribution in [1.29, 1.82) is 0 Å². The highest BCUT2D eigenvalue weighted by Crippen LogP contribution is 2.67. The summed E-state index contributed by atoms with van der Waals surface area (Å²) < 4.78 is 63.6. The number of nitrogens with zero attached hydrogens (tertiary/aromatic N) is 2. The van der Waals surface area contributed by atoms with E-state index >= 15 is 0 Å². The Morgan fingerprint density at radius 1 is 1.26 bits per heavy atom. The molecule has 2 heterocycles. The number of hydrogen-bond acceptors (Lipinski definition) is 14. The Morgan fingerprint density at radius 2 is 1.91 bits per heavy atom. The van der Waals surface area contributed by atoms with Crippen molar-refractivity contribution >= 4 is 41.9 Å². The standard InChI is InChI=1S/C14H23N4O13P3S/c1-26-32(20,21)30-34(24,25)31-33(22,23)28-7-11-10(27-8-35)5-12(29-11)18-6-9(3-2-4-15)13(16)17-14(18)19/h6,10-12,35H,4-5,7-8,15H2,1H3,(H,20,21)(H,22,23)(H,24,25)(H2,16,17,19)/t10?,11-,12-/m1/s1. The Balaban J connectivity index is 2.16. The highest BCUT2D eigenvalue weighted by Gasteiger charge is 2.44. The first-order chi connectivity index (χ1) is 16.2. The summed E-state index contributed by atoms with van der Waals surface area (Å²) in [6.07, 6.45) is -1.61. The Hall–Kier alpha value is -1.12. The molecule has 1 fully saturated rings. The fourth-order valence-corrected chi connectivity index (χ4v) is 6.18. The lowest BCUT2D eigenvalue weighted by Gasteiger charge is -2.21. The van der Waals surface area contributed by atoms with Crippen LogP contribution in [-0.4, -0.2) is 62.6 Å². The Kier molecular flexibility index (Phi) is 10.7. The third kappa shape index (κ3) is 9.04. The molecule has 2 rings (SSSR count). The van der Waals surface area contributed by atoms with Crippen molar-refractivity contribution in [1.82, 2.24) is 9.55 Å². The van der Waals surface area contributed by atoms with E-state index in [4.69, 9.17) is 25.8 Å². The molecule has 0 saturated carbocycles. The van der Waals surface area contributed by atoms with Gasteiger partial charge in [-0.05, 0) is 0 Å². The predicted octanol–water partition coefficient (Wildman–Crippen LogP) is -0.307. The first-order valence-corrected chi connectivity index (χ1v) is 14.4. The minimum atomic E-state index is -5.58. The second-order valence-corrected chi connectivity index (χ2v) is 11.5. The molecule has 6 atom stereocenters. The first kappa shape index (κ1) is 30.1. The van der Waals surface area contributed by atoms with E-state index in [1.807, 2.05) is 0 Å². The third-order valence-electron chi connectivity index (χ3n) is 4.13. The topological polar surface area (TPSA) is 254 Å². The lowest BCUT2D eigenvalue weighted by molar-refractivity contribution is -0.0542. The average Bonchev–Trinajstić information content (AvgIpc) is 3.13. The van der Waals surface area contributed by atoms with Crippen LogP contribution in [-0.2, 0) is 40.8 Å². The number of hydrogen-bond donors (Lipinski definition) is 6. The van der Waals surface area contributed by atoms with Crippen LogP contribution in [0.2, 0.25) is 0 Å². The molecule has 0 spiro atoms. The van der Waals surface area contributed by atoms with Crippen LogP contribution in [0.15, 0.2) is 11.0 Å². The van der Waals surface area contributed by atoms with Gasteiger partial charge in [-0.15, -0.1) is 0 Å². The van der Waals surface area contributed by atoms with Crippen LogP contribution in [0.25, 0.3) is 0 Å². The predicted molar refractivity (Wildman–Crippen MR) is 121 cm³/mol. The van der Waals surface area contributed by atoms with E-state index in [-0.39, 0.29) is 30.3 Å². The van der Waals surface area contributed by atoms with Gasteiger partial charge in [0, 0.05) is 19.7 Å². The van der Waals surface area contributed by atoms with Gasteiger partial charge in [0.2, 0.25) is 0 Å². The summed E-state index contributed by atoms with van der Waals surface area (Å²) in [5.74, 6) is 5.01. The van der Waals surface area contributed by atoms with Crippen LogP contribution < -0.4 is 17.2 Å². The maximum Gasteiger partial charge on any atom is 0.490 e. The van der Waals surface area contributed by atoms with Crippen molar-refractivity contribution < 1.29 is 55.5 Å². The van der Waals surface area contributed by atoms with Crippen molar-refractivity contribution in [3.63, 3.8) is 0 Å². The number of anilines is 1.